The zero-order valence-electron chi connectivity index (χ0n) is 12.5. The molecule has 0 fully saturated rings. The Morgan fingerprint density at radius 1 is 1.36 bits per heavy atom. The average Bonchev–Trinajstić information content (AvgIpc) is 2.68. The number of hydrogen-bond acceptors (Lipinski definition) is 4. The summed E-state index contributed by atoms with van der Waals surface area (Å²) >= 11 is 4.64. The number of benzene rings is 1. The number of thiocarbonyl (C=S) groups is 1. The number of amides is 2. The van der Waals surface area contributed by atoms with Gasteiger partial charge in [-0.3, -0.25) is 19.9 Å². The standard InChI is InChI=1S/C15H18N4O2S/c1-9(2)5-6-19-13(20)11-4-3-10(7-12(11)14(19)21)8-17-18-15(16)22/h3-4,7-9H,5-6H2,1-2H3,(H3,16,18,22). The number of hydrazone groups is 1. The summed E-state index contributed by atoms with van der Waals surface area (Å²) in [6.45, 7) is 4.56. The summed E-state index contributed by atoms with van der Waals surface area (Å²) in [6, 6.07) is 5.02. The number of imide groups is 1. The summed E-state index contributed by atoms with van der Waals surface area (Å²) < 4.78 is 0. The van der Waals surface area contributed by atoms with E-state index >= 15 is 0 Å². The zero-order chi connectivity index (χ0) is 16.3. The van der Waals surface area contributed by atoms with Gasteiger partial charge in [0.15, 0.2) is 5.11 Å². The van der Waals surface area contributed by atoms with Gasteiger partial charge in [-0.15, -0.1) is 0 Å². The summed E-state index contributed by atoms with van der Waals surface area (Å²) in [5.41, 5.74) is 9.24. The fraction of sp³-hybridized carbons (Fsp3) is 0.333. The Balaban J connectivity index is 2.19. The second-order valence-corrected chi connectivity index (χ2v) is 5.92. The molecule has 3 N–H and O–H groups in total. The molecule has 0 unspecified atom stereocenters. The fourth-order valence-electron chi connectivity index (χ4n) is 2.15. The number of rotatable bonds is 5. The molecule has 22 heavy (non-hydrogen) atoms. The molecular weight excluding hydrogens is 300 g/mol. The van der Waals surface area contributed by atoms with Gasteiger partial charge < -0.3 is 5.73 Å². The predicted octanol–water partition coefficient (Wildman–Crippen LogP) is 1.50. The minimum absolute atomic E-state index is 0.0588. The van der Waals surface area contributed by atoms with Gasteiger partial charge in [0.1, 0.15) is 0 Å². The first-order chi connectivity index (χ1) is 10.4. The Hall–Kier alpha value is -2.28. The highest BCUT2D eigenvalue weighted by molar-refractivity contribution is 7.80. The topological polar surface area (TPSA) is 87.8 Å². The fourth-order valence-corrected chi connectivity index (χ4v) is 2.20. The lowest BCUT2D eigenvalue weighted by Gasteiger charge is -2.14. The highest BCUT2D eigenvalue weighted by Gasteiger charge is 2.35. The average molecular weight is 318 g/mol. The molecule has 1 aliphatic rings. The largest absolute Gasteiger partial charge is 0.375 e. The Morgan fingerprint density at radius 2 is 2.05 bits per heavy atom. The molecule has 0 saturated heterocycles. The third-order valence-electron chi connectivity index (χ3n) is 3.31. The first-order valence-corrected chi connectivity index (χ1v) is 7.39. The molecule has 116 valence electrons. The lowest BCUT2D eigenvalue weighted by atomic mass is 10.1. The van der Waals surface area contributed by atoms with Crippen molar-refractivity contribution in [2.75, 3.05) is 6.54 Å². The monoisotopic (exact) mass is 318 g/mol. The van der Waals surface area contributed by atoms with Crippen LogP contribution in [0.4, 0.5) is 0 Å². The molecule has 0 aromatic heterocycles. The Labute approximate surface area is 134 Å². The van der Waals surface area contributed by atoms with Crippen molar-refractivity contribution in [1.29, 1.82) is 0 Å². The van der Waals surface area contributed by atoms with Crippen molar-refractivity contribution in [3.05, 3.63) is 34.9 Å². The number of fused-ring (bicyclic) bond motifs is 1. The smallest absolute Gasteiger partial charge is 0.261 e. The number of nitrogens with one attached hydrogen (secondary N) is 1. The van der Waals surface area contributed by atoms with E-state index in [1.165, 1.54) is 11.1 Å². The van der Waals surface area contributed by atoms with Crippen molar-refractivity contribution in [2.24, 2.45) is 16.8 Å². The predicted molar refractivity (Wildman–Crippen MR) is 88.8 cm³/mol. The molecule has 0 aliphatic carbocycles. The molecule has 7 heteroatoms. The molecule has 6 nitrogen and oxygen atoms in total. The SMILES string of the molecule is CC(C)CCN1C(=O)c2ccc(C=NNC(N)=S)cc2C1=O. The van der Waals surface area contributed by atoms with Gasteiger partial charge in [-0.25, -0.2) is 0 Å². The van der Waals surface area contributed by atoms with Crippen LogP contribution in [-0.2, 0) is 0 Å². The lowest BCUT2D eigenvalue weighted by Crippen LogP contribution is -2.31. The van der Waals surface area contributed by atoms with E-state index in [1.54, 1.807) is 18.2 Å². The molecule has 0 atom stereocenters. The van der Waals surface area contributed by atoms with Crippen LogP contribution in [0.25, 0.3) is 0 Å². The van der Waals surface area contributed by atoms with Gasteiger partial charge in [0.2, 0.25) is 0 Å². The summed E-state index contributed by atoms with van der Waals surface area (Å²) in [6.07, 6.45) is 2.28. The molecule has 0 saturated carbocycles. The highest BCUT2D eigenvalue weighted by Crippen LogP contribution is 2.24. The normalized spacial score (nSPS) is 14.0. The van der Waals surface area contributed by atoms with Crippen LogP contribution >= 0.6 is 12.2 Å². The van der Waals surface area contributed by atoms with E-state index < -0.39 is 0 Å². The third-order valence-corrected chi connectivity index (χ3v) is 3.40. The van der Waals surface area contributed by atoms with Crippen LogP contribution in [0.3, 0.4) is 0 Å². The van der Waals surface area contributed by atoms with Crippen molar-refractivity contribution >= 4 is 35.4 Å². The van der Waals surface area contributed by atoms with E-state index in [1.807, 2.05) is 0 Å². The van der Waals surface area contributed by atoms with Gasteiger partial charge in [0.05, 0.1) is 17.3 Å². The van der Waals surface area contributed by atoms with Crippen LogP contribution in [0, 0.1) is 5.92 Å². The van der Waals surface area contributed by atoms with Gasteiger partial charge >= 0.3 is 0 Å². The Morgan fingerprint density at radius 3 is 2.68 bits per heavy atom. The minimum atomic E-state index is -0.252. The molecule has 1 aromatic rings. The quantitative estimate of drug-likeness (QED) is 0.372. The second kappa shape index (κ2) is 6.65. The first-order valence-electron chi connectivity index (χ1n) is 6.99. The van der Waals surface area contributed by atoms with E-state index in [9.17, 15) is 9.59 Å². The van der Waals surface area contributed by atoms with E-state index in [0.29, 0.717) is 29.2 Å². The first kappa shape index (κ1) is 16.1. The molecule has 2 rings (SSSR count). The maximum Gasteiger partial charge on any atom is 0.261 e. The Bertz CT molecular complexity index is 655. The van der Waals surface area contributed by atoms with Gasteiger partial charge in [-0.05, 0) is 42.3 Å². The highest BCUT2D eigenvalue weighted by atomic mass is 32.1. The maximum atomic E-state index is 12.4. The number of hydrogen-bond donors (Lipinski definition) is 2. The van der Waals surface area contributed by atoms with Crippen molar-refractivity contribution in [3.8, 4) is 0 Å². The van der Waals surface area contributed by atoms with Crippen molar-refractivity contribution in [3.63, 3.8) is 0 Å². The van der Waals surface area contributed by atoms with Crippen LogP contribution < -0.4 is 11.2 Å². The van der Waals surface area contributed by atoms with Gasteiger partial charge in [0, 0.05) is 6.54 Å². The van der Waals surface area contributed by atoms with Crippen molar-refractivity contribution in [2.45, 2.75) is 20.3 Å². The van der Waals surface area contributed by atoms with Gasteiger partial charge in [-0.1, -0.05) is 19.9 Å². The summed E-state index contributed by atoms with van der Waals surface area (Å²) in [5, 5.41) is 3.90. The van der Waals surface area contributed by atoms with Gasteiger partial charge in [0.25, 0.3) is 11.8 Å². The van der Waals surface area contributed by atoms with Crippen LogP contribution in [-0.4, -0.2) is 34.6 Å². The van der Waals surface area contributed by atoms with Crippen LogP contribution in [0.15, 0.2) is 23.3 Å². The Kier molecular flexibility index (Phi) is 4.87. The van der Waals surface area contributed by atoms with E-state index in [-0.39, 0.29) is 16.9 Å². The minimum Gasteiger partial charge on any atom is -0.375 e. The van der Waals surface area contributed by atoms with Crippen LogP contribution in [0.1, 0.15) is 46.5 Å². The number of carbonyl (C=O) groups excluding carboxylic acids is 2. The van der Waals surface area contributed by atoms with E-state index in [2.05, 4.69) is 36.6 Å². The molecular formula is C15H18N4O2S. The molecule has 1 aromatic carbocycles. The number of nitrogens with two attached hydrogens (primary N) is 1. The summed E-state index contributed by atoms with van der Waals surface area (Å²) in [5.74, 6) is -0.0539. The van der Waals surface area contributed by atoms with Crippen molar-refractivity contribution < 1.29 is 9.59 Å². The second-order valence-electron chi connectivity index (χ2n) is 5.48. The summed E-state index contributed by atoms with van der Waals surface area (Å²) in [7, 11) is 0. The molecule has 2 amide bonds. The van der Waals surface area contributed by atoms with Crippen LogP contribution in [0.5, 0.6) is 0 Å². The molecule has 0 radical (unpaired) electrons. The summed E-state index contributed by atoms with van der Waals surface area (Å²) in [4.78, 5) is 25.9. The van der Waals surface area contributed by atoms with E-state index in [0.717, 1.165) is 6.42 Å². The molecule has 0 bridgehead atoms. The zero-order valence-corrected chi connectivity index (χ0v) is 13.3. The van der Waals surface area contributed by atoms with Gasteiger partial charge in [-0.2, -0.15) is 5.10 Å². The molecule has 1 heterocycles. The number of nitrogens with zero attached hydrogens (tertiary/aromatic N) is 2. The molecule has 0 spiro atoms. The maximum absolute atomic E-state index is 12.4. The van der Waals surface area contributed by atoms with E-state index in [4.69, 9.17) is 5.73 Å². The van der Waals surface area contributed by atoms with Crippen molar-refractivity contribution in [1.82, 2.24) is 10.3 Å². The number of carbonyl (C=O) groups is 2. The third kappa shape index (κ3) is 3.48. The molecule has 1 aliphatic heterocycles. The van der Waals surface area contributed by atoms with Crippen LogP contribution in [0.2, 0.25) is 0 Å². The lowest BCUT2D eigenvalue weighted by molar-refractivity contribution is 0.0648.